The summed E-state index contributed by atoms with van der Waals surface area (Å²) < 4.78 is 18.2. The topological polar surface area (TPSA) is 51.2 Å². The Hall–Kier alpha value is -2.69. The zero-order valence-electron chi connectivity index (χ0n) is 13.0. The molecule has 1 amide bonds. The van der Waals surface area contributed by atoms with Crippen LogP contribution < -0.4 is 5.32 Å². The number of pyridine rings is 1. The van der Waals surface area contributed by atoms with E-state index in [-0.39, 0.29) is 12.4 Å². The minimum Gasteiger partial charge on any atom is -0.445 e. The van der Waals surface area contributed by atoms with Gasteiger partial charge in [0.1, 0.15) is 12.4 Å². The number of carbonyl (C=O) groups is 1. The molecular formula is C18H19FN2O2. The Kier molecular flexibility index (Phi) is 6.29. The molecule has 0 bridgehead atoms. The summed E-state index contributed by atoms with van der Waals surface area (Å²) in [4.78, 5) is 15.6. The quantitative estimate of drug-likeness (QED) is 0.824. The summed E-state index contributed by atoms with van der Waals surface area (Å²) >= 11 is 0. The van der Waals surface area contributed by atoms with Gasteiger partial charge in [-0.2, -0.15) is 0 Å². The fourth-order valence-electron chi connectivity index (χ4n) is 1.89. The summed E-state index contributed by atoms with van der Waals surface area (Å²) in [6.45, 7) is 2.34. The molecule has 0 unspecified atom stereocenters. The molecule has 1 aromatic heterocycles. The molecule has 1 heterocycles. The third kappa shape index (κ3) is 5.90. The molecule has 0 aliphatic rings. The van der Waals surface area contributed by atoms with E-state index in [1.807, 2.05) is 36.4 Å². The zero-order chi connectivity index (χ0) is 16.5. The van der Waals surface area contributed by atoms with Gasteiger partial charge in [0.15, 0.2) is 0 Å². The van der Waals surface area contributed by atoms with E-state index in [9.17, 15) is 9.18 Å². The number of nitrogens with zero attached hydrogens (tertiary/aromatic N) is 1. The van der Waals surface area contributed by atoms with E-state index in [2.05, 4.69) is 10.3 Å². The lowest BCUT2D eigenvalue weighted by Gasteiger charge is -2.05. The van der Waals surface area contributed by atoms with Crippen LogP contribution in [-0.2, 0) is 11.3 Å². The average Bonchev–Trinajstić information content (AvgIpc) is 2.57. The van der Waals surface area contributed by atoms with Crippen LogP contribution in [0, 0.1) is 12.7 Å². The van der Waals surface area contributed by atoms with Crippen LogP contribution in [0.5, 0.6) is 0 Å². The molecule has 0 saturated heterocycles. The van der Waals surface area contributed by atoms with Crippen molar-refractivity contribution in [3.63, 3.8) is 0 Å². The lowest BCUT2D eigenvalue weighted by atomic mass is 10.2. The molecule has 0 radical (unpaired) electrons. The van der Waals surface area contributed by atoms with Crippen LogP contribution in [0.3, 0.4) is 0 Å². The molecule has 2 rings (SSSR count). The number of amides is 1. The van der Waals surface area contributed by atoms with Crippen molar-refractivity contribution in [1.82, 2.24) is 10.3 Å². The van der Waals surface area contributed by atoms with Gasteiger partial charge in [-0.3, -0.25) is 4.98 Å². The lowest BCUT2D eigenvalue weighted by Crippen LogP contribution is -2.24. The number of benzene rings is 1. The van der Waals surface area contributed by atoms with Crippen molar-refractivity contribution < 1.29 is 13.9 Å². The SMILES string of the molecule is Cc1nc(C=CCCNC(=O)OCc2ccccc2)ccc1F. The summed E-state index contributed by atoms with van der Waals surface area (Å²) in [5, 5.41) is 2.67. The molecule has 0 fully saturated rings. The van der Waals surface area contributed by atoms with Gasteiger partial charge in [0.2, 0.25) is 0 Å². The van der Waals surface area contributed by atoms with Crippen molar-refractivity contribution in [2.75, 3.05) is 6.54 Å². The third-order valence-corrected chi connectivity index (χ3v) is 3.12. The van der Waals surface area contributed by atoms with E-state index >= 15 is 0 Å². The van der Waals surface area contributed by atoms with Crippen molar-refractivity contribution >= 4 is 12.2 Å². The van der Waals surface area contributed by atoms with Gasteiger partial charge >= 0.3 is 6.09 Å². The first-order valence-electron chi connectivity index (χ1n) is 7.39. The maximum absolute atomic E-state index is 13.1. The highest BCUT2D eigenvalue weighted by Gasteiger charge is 2.01. The van der Waals surface area contributed by atoms with E-state index in [1.165, 1.54) is 6.07 Å². The highest BCUT2D eigenvalue weighted by atomic mass is 19.1. The largest absolute Gasteiger partial charge is 0.445 e. The van der Waals surface area contributed by atoms with Gasteiger partial charge in [0, 0.05) is 6.54 Å². The minimum absolute atomic E-state index is 0.251. The number of hydrogen-bond donors (Lipinski definition) is 1. The van der Waals surface area contributed by atoms with Crippen LogP contribution in [0.25, 0.3) is 6.08 Å². The molecule has 4 nitrogen and oxygen atoms in total. The highest BCUT2D eigenvalue weighted by molar-refractivity contribution is 5.67. The smallest absolute Gasteiger partial charge is 0.407 e. The second-order valence-electron chi connectivity index (χ2n) is 4.98. The van der Waals surface area contributed by atoms with Crippen molar-refractivity contribution in [3.8, 4) is 0 Å². The van der Waals surface area contributed by atoms with Gasteiger partial charge in [-0.1, -0.05) is 36.4 Å². The minimum atomic E-state index is -0.446. The van der Waals surface area contributed by atoms with Gasteiger partial charge in [-0.25, -0.2) is 9.18 Å². The standard InChI is InChI=1S/C18H19FN2O2/c1-14-17(19)11-10-16(21-14)9-5-6-12-20-18(22)23-13-15-7-3-2-4-8-15/h2-5,7-11H,6,12-13H2,1H3,(H,20,22). The van der Waals surface area contributed by atoms with Crippen LogP contribution in [0.1, 0.15) is 23.4 Å². The molecule has 2 aromatic rings. The predicted molar refractivity (Wildman–Crippen MR) is 87.2 cm³/mol. The number of ether oxygens (including phenoxy) is 1. The molecule has 5 heteroatoms. The first kappa shape index (κ1) is 16.7. The van der Waals surface area contributed by atoms with E-state index < -0.39 is 6.09 Å². The summed E-state index contributed by atoms with van der Waals surface area (Å²) in [6.07, 6.45) is 3.86. The Labute approximate surface area is 135 Å². The van der Waals surface area contributed by atoms with Crippen molar-refractivity contribution in [2.24, 2.45) is 0 Å². The Morgan fingerprint density at radius 3 is 2.78 bits per heavy atom. The van der Waals surface area contributed by atoms with Gasteiger partial charge < -0.3 is 10.1 Å². The third-order valence-electron chi connectivity index (χ3n) is 3.12. The number of alkyl carbamates (subject to hydrolysis) is 1. The van der Waals surface area contributed by atoms with Crippen molar-refractivity contribution in [3.05, 3.63) is 71.3 Å². The fraction of sp³-hybridized carbons (Fsp3) is 0.222. The van der Waals surface area contributed by atoms with Crippen molar-refractivity contribution in [1.29, 1.82) is 0 Å². The molecule has 0 aliphatic heterocycles. The Morgan fingerprint density at radius 2 is 2.04 bits per heavy atom. The van der Waals surface area contributed by atoms with Gasteiger partial charge in [0.05, 0.1) is 11.4 Å². The molecule has 0 atom stereocenters. The number of hydrogen-bond acceptors (Lipinski definition) is 3. The fourth-order valence-corrected chi connectivity index (χ4v) is 1.89. The summed E-state index contributed by atoms with van der Waals surface area (Å²) in [7, 11) is 0. The molecule has 120 valence electrons. The van der Waals surface area contributed by atoms with Gasteiger partial charge in [-0.05, 0) is 37.1 Å². The Bertz CT molecular complexity index is 672. The van der Waals surface area contributed by atoms with Gasteiger partial charge in [-0.15, -0.1) is 0 Å². The molecule has 0 aliphatic carbocycles. The van der Waals surface area contributed by atoms with E-state index in [0.29, 0.717) is 24.4 Å². The predicted octanol–water partition coefficient (Wildman–Crippen LogP) is 3.86. The molecule has 0 spiro atoms. The monoisotopic (exact) mass is 314 g/mol. The maximum Gasteiger partial charge on any atom is 0.407 e. The Morgan fingerprint density at radius 1 is 1.26 bits per heavy atom. The van der Waals surface area contributed by atoms with Crippen LogP contribution in [0.15, 0.2) is 48.5 Å². The molecule has 1 N–H and O–H groups in total. The van der Waals surface area contributed by atoms with Crippen LogP contribution in [0.4, 0.5) is 9.18 Å². The first-order valence-corrected chi connectivity index (χ1v) is 7.39. The first-order chi connectivity index (χ1) is 11.1. The van der Waals surface area contributed by atoms with Crippen LogP contribution >= 0.6 is 0 Å². The summed E-state index contributed by atoms with van der Waals surface area (Å²) in [5.74, 6) is -0.315. The second-order valence-corrected chi connectivity index (χ2v) is 4.98. The lowest BCUT2D eigenvalue weighted by molar-refractivity contribution is 0.140. The molecule has 1 aromatic carbocycles. The number of aromatic nitrogens is 1. The Balaban J connectivity index is 1.65. The number of aryl methyl sites for hydroxylation is 1. The normalized spacial score (nSPS) is 10.7. The summed E-state index contributed by atoms with van der Waals surface area (Å²) in [5.41, 5.74) is 2.01. The van der Waals surface area contributed by atoms with Crippen molar-refractivity contribution in [2.45, 2.75) is 20.0 Å². The maximum atomic E-state index is 13.1. The van der Waals surface area contributed by atoms with Crippen LogP contribution in [0.2, 0.25) is 0 Å². The zero-order valence-corrected chi connectivity index (χ0v) is 13.0. The highest BCUT2D eigenvalue weighted by Crippen LogP contribution is 2.06. The van der Waals surface area contributed by atoms with E-state index in [4.69, 9.17) is 4.74 Å². The molecule has 0 saturated carbocycles. The van der Waals surface area contributed by atoms with E-state index in [0.717, 1.165) is 5.56 Å². The number of rotatable bonds is 6. The second kappa shape index (κ2) is 8.68. The summed E-state index contributed by atoms with van der Waals surface area (Å²) in [6, 6.07) is 12.5. The van der Waals surface area contributed by atoms with Gasteiger partial charge in [0.25, 0.3) is 0 Å². The van der Waals surface area contributed by atoms with Crippen LogP contribution in [-0.4, -0.2) is 17.6 Å². The number of halogens is 1. The number of nitrogens with one attached hydrogen (secondary N) is 1. The average molecular weight is 314 g/mol. The molecular weight excluding hydrogens is 295 g/mol. The number of carbonyl (C=O) groups excluding carboxylic acids is 1. The molecule has 23 heavy (non-hydrogen) atoms. The van der Waals surface area contributed by atoms with E-state index in [1.54, 1.807) is 19.1 Å².